The maximum Gasteiger partial charge on any atom is 0.0857 e. The molecular formula is C27H36O3. The van der Waals surface area contributed by atoms with Gasteiger partial charge in [-0.2, -0.15) is 0 Å². The van der Waals surface area contributed by atoms with E-state index in [9.17, 15) is 10.2 Å². The fraction of sp³-hybridized carbons (Fsp3) is 0.556. The standard InChI is InChI=1S/C27H36O3/c1-3-6-19-9-11-20(12-10-19)13-21-14-26(18(2)24-7-4-5-8-25(21)24)27-16-22(29)15-23(17-28)30-27/h9-12,14,22-23,27-29H,3-8,13,15-17H2,1-2H3. The van der Waals surface area contributed by atoms with Crippen LogP contribution in [0.4, 0.5) is 0 Å². The smallest absolute Gasteiger partial charge is 0.0857 e. The summed E-state index contributed by atoms with van der Waals surface area (Å²) in [4.78, 5) is 0. The molecule has 2 aromatic rings. The van der Waals surface area contributed by atoms with Crippen LogP contribution in [0.1, 0.15) is 84.1 Å². The Morgan fingerprint density at radius 3 is 2.40 bits per heavy atom. The molecule has 3 atom stereocenters. The third kappa shape index (κ3) is 4.64. The number of hydrogen-bond acceptors (Lipinski definition) is 3. The van der Waals surface area contributed by atoms with E-state index in [0.717, 1.165) is 25.7 Å². The van der Waals surface area contributed by atoms with Crippen LogP contribution in [0.25, 0.3) is 0 Å². The van der Waals surface area contributed by atoms with E-state index in [1.165, 1.54) is 58.2 Å². The fourth-order valence-corrected chi connectivity index (χ4v) is 5.36. The predicted molar refractivity (Wildman–Crippen MR) is 121 cm³/mol. The Hall–Kier alpha value is -1.68. The number of rotatable bonds is 6. The summed E-state index contributed by atoms with van der Waals surface area (Å²) in [6.45, 7) is 4.41. The van der Waals surface area contributed by atoms with Gasteiger partial charge in [0.2, 0.25) is 0 Å². The first-order valence-corrected chi connectivity index (χ1v) is 11.7. The zero-order valence-corrected chi connectivity index (χ0v) is 18.5. The van der Waals surface area contributed by atoms with Gasteiger partial charge in [0.1, 0.15) is 0 Å². The van der Waals surface area contributed by atoms with Gasteiger partial charge in [0.25, 0.3) is 0 Å². The zero-order valence-electron chi connectivity index (χ0n) is 18.5. The van der Waals surface area contributed by atoms with E-state index in [2.05, 4.69) is 44.2 Å². The first kappa shape index (κ1) is 21.5. The Bertz CT molecular complexity index is 855. The third-order valence-electron chi connectivity index (χ3n) is 6.96. The van der Waals surface area contributed by atoms with Gasteiger partial charge in [-0.15, -0.1) is 0 Å². The Labute approximate surface area is 181 Å². The molecule has 2 aromatic carbocycles. The quantitative estimate of drug-likeness (QED) is 0.708. The molecule has 1 fully saturated rings. The molecule has 3 unspecified atom stereocenters. The third-order valence-corrected chi connectivity index (χ3v) is 6.96. The minimum Gasteiger partial charge on any atom is -0.394 e. The lowest BCUT2D eigenvalue weighted by Gasteiger charge is -2.35. The summed E-state index contributed by atoms with van der Waals surface area (Å²) in [6, 6.07) is 11.4. The highest BCUT2D eigenvalue weighted by Gasteiger charge is 2.31. The molecule has 2 N–H and O–H groups in total. The molecule has 0 radical (unpaired) electrons. The molecule has 3 nitrogen and oxygen atoms in total. The second kappa shape index (κ2) is 9.64. The van der Waals surface area contributed by atoms with Crippen molar-refractivity contribution in [2.24, 2.45) is 0 Å². The van der Waals surface area contributed by atoms with Gasteiger partial charge in [-0.3, -0.25) is 0 Å². The van der Waals surface area contributed by atoms with Gasteiger partial charge in [0, 0.05) is 12.8 Å². The highest BCUT2D eigenvalue weighted by molar-refractivity contribution is 5.49. The molecule has 162 valence electrons. The van der Waals surface area contributed by atoms with E-state index in [1.54, 1.807) is 0 Å². The van der Waals surface area contributed by atoms with Gasteiger partial charge in [-0.05, 0) is 84.4 Å². The number of aliphatic hydroxyl groups excluding tert-OH is 2. The molecule has 0 aromatic heterocycles. The minimum absolute atomic E-state index is 0.0332. The summed E-state index contributed by atoms with van der Waals surface area (Å²) in [7, 11) is 0. The van der Waals surface area contributed by atoms with Crippen LogP contribution in [0.5, 0.6) is 0 Å². The van der Waals surface area contributed by atoms with E-state index >= 15 is 0 Å². The first-order valence-electron chi connectivity index (χ1n) is 11.7. The van der Waals surface area contributed by atoms with Crippen LogP contribution < -0.4 is 0 Å². The van der Waals surface area contributed by atoms with Gasteiger partial charge in [-0.25, -0.2) is 0 Å². The van der Waals surface area contributed by atoms with E-state index in [1.807, 2.05) is 0 Å². The fourth-order valence-electron chi connectivity index (χ4n) is 5.36. The lowest BCUT2D eigenvalue weighted by molar-refractivity contribution is -0.114. The molecule has 4 rings (SSSR count). The molecule has 0 amide bonds. The number of aryl methyl sites for hydroxylation is 1. The van der Waals surface area contributed by atoms with Crippen molar-refractivity contribution in [1.82, 2.24) is 0 Å². The Balaban J connectivity index is 1.68. The summed E-state index contributed by atoms with van der Waals surface area (Å²) in [5.74, 6) is 0. The molecule has 1 aliphatic heterocycles. The highest BCUT2D eigenvalue weighted by atomic mass is 16.5. The van der Waals surface area contributed by atoms with Crippen molar-refractivity contribution in [1.29, 1.82) is 0 Å². The largest absolute Gasteiger partial charge is 0.394 e. The molecule has 2 aliphatic rings. The molecule has 1 heterocycles. The van der Waals surface area contributed by atoms with Crippen molar-refractivity contribution in [3.05, 3.63) is 69.3 Å². The van der Waals surface area contributed by atoms with Gasteiger partial charge < -0.3 is 14.9 Å². The molecule has 1 saturated heterocycles. The maximum absolute atomic E-state index is 10.4. The highest BCUT2D eigenvalue weighted by Crippen LogP contribution is 2.38. The van der Waals surface area contributed by atoms with Crippen molar-refractivity contribution in [2.45, 2.75) is 89.9 Å². The summed E-state index contributed by atoms with van der Waals surface area (Å²) in [6.07, 6.45) is 8.38. The van der Waals surface area contributed by atoms with Crippen LogP contribution in [-0.4, -0.2) is 29.0 Å². The SMILES string of the molecule is CCCc1ccc(Cc2cc(C3CC(O)CC(CO)O3)c(C)c3c2CCCC3)cc1. The van der Waals surface area contributed by atoms with Gasteiger partial charge >= 0.3 is 0 Å². The number of hydrogen-bond donors (Lipinski definition) is 2. The molecule has 1 aliphatic carbocycles. The molecule has 0 saturated carbocycles. The Morgan fingerprint density at radius 2 is 1.70 bits per heavy atom. The van der Waals surface area contributed by atoms with Crippen molar-refractivity contribution in [3.63, 3.8) is 0 Å². The molecule has 0 bridgehead atoms. The van der Waals surface area contributed by atoms with Gasteiger partial charge in [0.05, 0.1) is 24.9 Å². The van der Waals surface area contributed by atoms with E-state index in [4.69, 9.17) is 4.74 Å². The Morgan fingerprint density at radius 1 is 1.00 bits per heavy atom. The average Bonchev–Trinajstić information content (AvgIpc) is 2.76. The van der Waals surface area contributed by atoms with Crippen LogP contribution in [0.15, 0.2) is 30.3 Å². The van der Waals surface area contributed by atoms with Gasteiger partial charge in [0.15, 0.2) is 0 Å². The van der Waals surface area contributed by atoms with Gasteiger partial charge in [-0.1, -0.05) is 43.7 Å². The van der Waals surface area contributed by atoms with E-state index in [0.29, 0.717) is 12.8 Å². The molecular weight excluding hydrogens is 372 g/mol. The van der Waals surface area contributed by atoms with Crippen LogP contribution in [0.2, 0.25) is 0 Å². The van der Waals surface area contributed by atoms with Crippen molar-refractivity contribution >= 4 is 0 Å². The van der Waals surface area contributed by atoms with Crippen molar-refractivity contribution in [2.75, 3.05) is 6.61 Å². The number of aliphatic hydroxyl groups is 2. The van der Waals surface area contributed by atoms with Crippen LogP contribution in [-0.2, 0) is 30.4 Å². The molecule has 30 heavy (non-hydrogen) atoms. The second-order valence-corrected chi connectivity index (χ2v) is 9.21. The first-order chi connectivity index (χ1) is 14.6. The maximum atomic E-state index is 10.4. The van der Waals surface area contributed by atoms with Crippen LogP contribution in [0, 0.1) is 6.92 Å². The normalized spacial score (nSPS) is 23.9. The monoisotopic (exact) mass is 408 g/mol. The van der Waals surface area contributed by atoms with E-state index < -0.39 is 6.10 Å². The van der Waals surface area contributed by atoms with E-state index in [-0.39, 0.29) is 18.8 Å². The number of ether oxygens (including phenoxy) is 1. The van der Waals surface area contributed by atoms with Crippen molar-refractivity contribution in [3.8, 4) is 0 Å². The Kier molecular flexibility index (Phi) is 6.92. The summed E-state index contributed by atoms with van der Waals surface area (Å²) < 4.78 is 6.20. The topological polar surface area (TPSA) is 49.7 Å². The zero-order chi connectivity index (χ0) is 21.1. The summed E-state index contributed by atoms with van der Waals surface area (Å²) in [5.41, 5.74) is 9.77. The number of fused-ring (bicyclic) bond motifs is 1. The lowest BCUT2D eigenvalue weighted by Crippen LogP contribution is -2.34. The van der Waals surface area contributed by atoms with Crippen LogP contribution >= 0.6 is 0 Å². The predicted octanol–water partition coefficient (Wildman–Crippen LogP) is 4.99. The lowest BCUT2D eigenvalue weighted by atomic mass is 9.79. The van der Waals surface area contributed by atoms with Crippen LogP contribution in [0.3, 0.4) is 0 Å². The summed E-state index contributed by atoms with van der Waals surface area (Å²) in [5, 5.41) is 20.0. The average molecular weight is 409 g/mol. The van der Waals surface area contributed by atoms with Crippen molar-refractivity contribution < 1.29 is 14.9 Å². The molecule has 0 spiro atoms. The second-order valence-electron chi connectivity index (χ2n) is 9.21. The summed E-state index contributed by atoms with van der Waals surface area (Å²) >= 11 is 0. The molecule has 3 heteroatoms. The minimum atomic E-state index is -0.411. The number of benzene rings is 2.